The van der Waals surface area contributed by atoms with E-state index in [4.69, 9.17) is 14.2 Å². The van der Waals surface area contributed by atoms with Gasteiger partial charge in [-0.15, -0.1) is 0 Å². The summed E-state index contributed by atoms with van der Waals surface area (Å²) in [4.78, 5) is 26.7. The fourth-order valence-electron chi connectivity index (χ4n) is 2.69. The van der Waals surface area contributed by atoms with Gasteiger partial charge in [0.25, 0.3) is 5.91 Å². The molecule has 0 aliphatic rings. The van der Waals surface area contributed by atoms with Crippen LogP contribution < -0.4 is 4.74 Å². The maximum absolute atomic E-state index is 13.2. The lowest BCUT2D eigenvalue weighted by molar-refractivity contribution is -0.143. The number of hydrogen-bond acceptors (Lipinski definition) is 5. The minimum atomic E-state index is -0.321. The number of methoxy groups -OCH3 is 1. The van der Waals surface area contributed by atoms with Crippen LogP contribution >= 0.6 is 0 Å². The zero-order valence-corrected chi connectivity index (χ0v) is 16.4. The van der Waals surface area contributed by atoms with E-state index in [0.29, 0.717) is 37.7 Å². The molecule has 0 saturated heterocycles. The molecule has 0 bridgehead atoms. The second-order valence-corrected chi connectivity index (χ2v) is 6.10. The molecule has 0 heterocycles. The van der Waals surface area contributed by atoms with E-state index >= 15 is 0 Å². The number of rotatable bonds is 11. The molecule has 2 aromatic rings. The van der Waals surface area contributed by atoms with Crippen molar-refractivity contribution >= 4 is 11.9 Å². The van der Waals surface area contributed by atoms with Gasteiger partial charge in [-0.3, -0.25) is 9.59 Å². The Labute approximate surface area is 166 Å². The van der Waals surface area contributed by atoms with Crippen molar-refractivity contribution in [2.45, 2.75) is 19.9 Å². The summed E-state index contributed by atoms with van der Waals surface area (Å²) in [5.74, 6) is -0.0158. The summed E-state index contributed by atoms with van der Waals surface area (Å²) >= 11 is 0. The summed E-state index contributed by atoms with van der Waals surface area (Å²) in [5, 5.41) is 0. The van der Waals surface area contributed by atoms with E-state index in [9.17, 15) is 9.59 Å². The van der Waals surface area contributed by atoms with Gasteiger partial charge < -0.3 is 19.1 Å². The number of para-hydroxylation sites is 1. The van der Waals surface area contributed by atoms with Crippen molar-refractivity contribution in [1.29, 1.82) is 0 Å². The van der Waals surface area contributed by atoms with E-state index in [1.165, 1.54) is 0 Å². The van der Waals surface area contributed by atoms with Crippen molar-refractivity contribution in [3.63, 3.8) is 0 Å². The molecule has 2 aromatic carbocycles. The van der Waals surface area contributed by atoms with E-state index in [0.717, 1.165) is 5.56 Å². The molecule has 150 valence electrons. The van der Waals surface area contributed by atoms with E-state index in [1.807, 2.05) is 36.4 Å². The number of nitrogens with zero attached hydrogens (tertiary/aromatic N) is 1. The summed E-state index contributed by atoms with van der Waals surface area (Å²) in [6.45, 7) is 3.52. The third kappa shape index (κ3) is 6.70. The average Bonchev–Trinajstić information content (AvgIpc) is 2.72. The first kappa shape index (κ1) is 21.4. The maximum Gasteiger partial charge on any atom is 0.307 e. The molecule has 0 saturated carbocycles. The van der Waals surface area contributed by atoms with E-state index in [1.54, 1.807) is 37.1 Å². The monoisotopic (exact) mass is 385 g/mol. The molecule has 0 unspecified atom stereocenters. The highest BCUT2D eigenvalue weighted by Crippen LogP contribution is 2.21. The van der Waals surface area contributed by atoms with Gasteiger partial charge in [-0.2, -0.15) is 0 Å². The van der Waals surface area contributed by atoms with E-state index in [-0.39, 0.29) is 24.8 Å². The lowest BCUT2D eigenvalue weighted by atomic mass is 10.1. The average molecular weight is 385 g/mol. The highest BCUT2D eigenvalue weighted by molar-refractivity contribution is 5.97. The Morgan fingerprint density at radius 3 is 2.39 bits per heavy atom. The van der Waals surface area contributed by atoms with Crippen LogP contribution in [0.15, 0.2) is 54.6 Å². The summed E-state index contributed by atoms with van der Waals surface area (Å²) in [6.07, 6.45) is 0.138. The molecular weight excluding hydrogens is 358 g/mol. The van der Waals surface area contributed by atoms with Crippen molar-refractivity contribution in [2.75, 3.05) is 33.5 Å². The van der Waals surface area contributed by atoms with Crippen molar-refractivity contribution < 1.29 is 23.8 Å². The Balaban J connectivity index is 2.19. The second-order valence-electron chi connectivity index (χ2n) is 6.10. The van der Waals surface area contributed by atoms with Crippen LogP contribution in [0.25, 0.3) is 0 Å². The molecule has 0 aliphatic carbocycles. The first-order valence-corrected chi connectivity index (χ1v) is 9.35. The molecule has 0 fully saturated rings. The Morgan fingerprint density at radius 2 is 1.68 bits per heavy atom. The van der Waals surface area contributed by atoms with Gasteiger partial charge in [-0.25, -0.2) is 0 Å². The van der Waals surface area contributed by atoms with Crippen LogP contribution in [0.4, 0.5) is 0 Å². The largest absolute Gasteiger partial charge is 0.490 e. The van der Waals surface area contributed by atoms with Crippen molar-refractivity contribution in [3.8, 4) is 5.75 Å². The minimum Gasteiger partial charge on any atom is -0.490 e. The van der Waals surface area contributed by atoms with Crippen LogP contribution in [0.2, 0.25) is 0 Å². The summed E-state index contributed by atoms with van der Waals surface area (Å²) in [7, 11) is 1.59. The summed E-state index contributed by atoms with van der Waals surface area (Å²) in [6, 6.07) is 16.8. The van der Waals surface area contributed by atoms with E-state index < -0.39 is 0 Å². The molecule has 1 amide bonds. The van der Waals surface area contributed by atoms with Crippen LogP contribution in [0.5, 0.6) is 5.75 Å². The molecule has 2 rings (SSSR count). The Kier molecular flexibility index (Phi) is 9.01. The summed E-state index contributed by atoms with van der Waals surface area (Å²) < 4.78 is 15.7. The third-order valence-corrected chi connectivity index (χ3v) is 4.06. The van der Waals surface area contributed by atoms with Gasteiger partial charge in [-0.1, -0.05) is 42.5 Å². The Bertz CT molecular complexity index is 748. The predicted octanol–water partition coefficient (Wildman–Crippen LogP) is 3.31. The van der Waals surface area contributed by atoms with Crippen molar-refractivity contribution in [1.82, 2.24) is 4.90 Å². The molecule has 0 radical (unpaired) electrons. The molecule has 6 heteroatoms. The normalized spacial score (nSPS) is 10.4. The quantitative estimate of drug-likeness (QED) is 0.439. The standard InChI is InChI=1S/C22H27NO5/c1-3-27-21(24)13-14-23(17-18-9-5-4-6-10-18)22(25)19-11-7-8-12-20(19)28-16-15-26-2/h4-12H,3,13-17H2,1-2H3. The molecule has 28 heavy (non-hydrogen) atoms. The van der Waals surface area contributed by atoms with Crippen molar-refractivity contribution in [3.05, 3.63) is 65.7 Å². The van der Waals surface area contributed by atoms with Gasteiger partial charge >= 0.3 is 5.97 Å². The molecule has 0 aromatic heterocycles. The maximum atomic E-state index is 13.2. The number of carbonyl (C=O) groups excluding carboxylic acids is 2. The van der Waals surface area contributed by atoms with E-state index in [2.05, 4.69) is 0 Å². The molecule has 0 atom stereocenters. The van der Waals surface area contributed by atoms with Gasteiger partial charge in [0.15, 0.2) is 0 Å². The zero-order chi connectivity index (χ0) is 20.2. The molecule has 0 N–H and O–H groups in total. The number of amides is 1. The smallest absolute Gasteiger partial charge is 0.307 e. The Hall–Kier alpha value is -2.86. The lowest BCUT2D eigenvalue weighted by Crippen LogP contribution is -2.33. The zero-order valence-electron chi connectivity index (χ0n) is 16.4. The predicted molar refractivity (Wildman–Crippen MR) is 106 cm³/mol. The molecule has 0 aliphatic heterocycles. The number of benzene rings is 2. The van der Waals surface area contributed by atoms with Gasteiger partial charge in [0.2, 0.25) is 0 Å². The third-order valence-electron chi connectivity index (χ3n) is 4.06. The van der Waals surface area contributed by atoms with Gasteiger partial charge in [0.1, 0.15) is 12.4 Å². The van der Waals surface area contributed by atoms with Crippen LogP contribution in [-0.4, -0.2) is 50.3 Å². The highest BCUT2D eigenvalue weighted by atomic mass is 16.5. The Morgan fingerprint density at radius 1 is 0.964 bits per heavy atom. The molecule has 0 spiro atoms. The second kappa shape index (κ2) is 11.8. The first-order valence-electron chi connectivity index (χ1n) is 9.35. The topological polar surface area (TPSA) is 65.1 Å². The van der Waals surface area contributed by atoms with Crippen LogP contribution in [-0.2, 0) is 20.8 Å². The fraction of sp³-hybridized carbons (Fsp3) is 0.364. The van der Waals surface area contributed by atoms with Crippen molar-refractivity contribution in [2.24, 2.45) is 0 Å². The number of carbonyl (C=O) groups is 2. The highest BCUT2D eigenvalue weighted by Gasteiger charge is 2.21. The molecular formula is C22H27NO5. The van der Waals surface area contributed by atoms with Gasteiger partial charge in [0.05, 0.1) is 25.2 Å². The van der Waals surface area contributed by atoms with Gasteiger partial charge in [-0.05, 0) is 24.6 Å². The first-order chi connectivity index (χ1) is 13.7. The minimum absolute atomic E-state index is 0.138. The number of esters is 1. The number of ether oxygens (including phenoxy) is 3. The molecule has 6 nitrogen and oxygen atoms in total. The van der Waals surface area contributed by atoms with Crippen LogP contribution in [0.1, 0.15) is 29.3 Å². The fourth-order valence-corrected chi connectivity index (χ4v) is 2.69. The van der Waals surface area contributed by atoms with Gasteiger partial charge in [0, 0.05) is 20.2 Å². The van der Waals surface area contributed by atoms with Crippen LogP contribution in [0, 0.1) is 0 Å². The number of hydrogen-bond donors (Lipinski definition) is 0. The van der Waals surface area contributed by atoms with Crippen LogP contribution in [0.3, 0.4) is 0 Å². The SMILES string of the molecule is CCOC(=O)CCN(Cc1ccccc1)C(=O)c1ccccc1OCCOC. The summed E-state index contributed by atoms with van der Waals surface area (Å²) in [5.41, 5.74) is 1.44. The lowest BCUT2D eigenvalue weighted by Gasteiger charge is -2.24.